The zero-order valence-corrected chi connectivity index (χ0v) is 10.3. The number of hydrogen-bond acceptors (Lipinski definition) is 5. The number of alkyl halides is 3. The molecular weight excluding hydrogens is 279 g/mol. The molecule has 0 spiro atoms. The van der Waals surface area contributed by atoms with E-state index in [4.69, 9.17) is 0 Å². The largest absolute Gasteiger partial charge is 0.433 e. The third-order valence-electron chi connectivity index (χ3n) is 3.09. The van der Waals surface area contributed by atoms with Crippen molar-refractivity contribution in [1.82, 2.24) is 4.98 Å². The van der Waals surface area contributed by atoms with Crippen molar-refractivity contribution in [3.63, 3.8) is 0 Å². The number of halogens is 3. The van der Waals surface area contributed by atoms with Crippen LogP contribution in [0.1, 0.15) is 18.5 Å². The zero-order valence-electron chi connectivity index (χ0n) is 10.3. The molecule has 1 unspecified atom stereocenters. The van der Waals surface area contributed by atoms with Crippen molar-refractivity contribution in [2.24, 2.45) is 0 Å². The second kappa shape index (κ2) is 5.23. The molecule has 0 amide bonds. The van der Waals surface area contributed by atoms with Crippen LogP contribution >= 0.6 is 0 Å². The number of aromatic nitrogens is 1. The summed E-state index contributed by atoms with van der Waals surface area (Å²) in [5.41, 5.74) is -1.83. The number of aliphatic hydroxyl groups excluding tert-OH is 1. The number of pyridine rings is 1. The Balaban J connectivity index is 2.44. The Morgan fingerprint density at radius 1 is 1.50 bits per heavy atom. The lowest BCUT2D eigenvalue weighted by Crippen LogP contribution is -2.38. The first-order valence-corrected chi connectivity index (χ1v) is 5.93. The van der Waals surface area contributed by atoms with Crippen LogP contribution in [0.2, 0.25) is 0 Å². The molecule has 1 aliphatic heterocycles. The van der Waals surface area contributed by atoms with Gasteiger partial charge in [-0.25, -0.2) is 4.98 Å². The number of rotatable bonds is 2. The summed E-state index contributed by atoms with van der Waals surface area (Å²) in [5.74, 6) is 0. The fourth-order valence-electron chi connectivity index (χ4n) is 2.16. The van der Waals surface area contributed by atoms with Crippen molar-refractivity contribution in [2.45, 2.75) is 25.1 Å². The van der Waals surface area contributed by atoms with E-state index in [1.54, 1.807) is 0 Å². The van der Waals surface area contributed by atoms with Crippen molar-refractivity contribution in [2.75, 3.05) is 18.0 Å². The predicted octanol–water partition coefficient (Wildman–Crippen LogP) is 1.97. The molecule has 20 heavy (non-hydrogen) atoms. The molecule has 0 radical (unpaired) electrons. The molecule has 2 heterocycles. The molecular formula is C11H12F3N3O3. The molecule has 1 aliphatic rings. The Morgan fingerprint density at radius 3 is 2.75 bits per heavy atom. The van der Waals surface area contributed by atoms with E-state index < -0.39 is 28.6 Å². The molecule has 1 aromatic heterocycles. The Labute approximate surface area is 112 Å². The lowest BCUT2D eigenvalue weighted by atomic mass is 10.1. The van der Waals surface area contributed by atoms with Crippen LogP contribution in [0.4, 0.5) is 24.5 Å². The maximum Gasteiger partial charge on any atom is 0.433 e. The highest BCUT2D eigenvalue weighted by Gasteiger charge is 2.35. The lowest BCUT2D eigenvalue weighted by Gasteiger charge is -2.31. The number of piperidine rings is 1. The fourth-order valence-corrected chi connectivity index (χ4v) is 2.16. The van der Waals surface area contributed by atoms with Gasteiger partial charge in [-0.2, -0.15) is 13.2 Å². The van der Waals surface area contributed by atoms with Gasteiger partial charge < -0.3 is 10.0 Å². The highest BCUT2D eigenvalue weighted by molar-refractivity contribution is 5.63. The van der Waals surface area contributed by atoms with Gasteiger partial charge in [0.15, 0.2) is 0 Å². The molecule has 1 atom stereocenters. The second-order valence-electron chi connectivity index (χ2n) is 4.56. The second-order valence-corrected chi connectivity index (χ2v) is 4.56. The summed E-state index contributed by atoms with van der Waals surface area (Å²) in [6, 6.07) is 0.663. The third-order valence-corrected chi connectivity index (χ3v) is 3.09. The minimum atomic E-state index is -4.67. The molecule has 6 nitrogen and oxygen atoms in total. The molecule has 2 rings (SSSR count). The van der Waals surface area contributed by atoms with Crippen molar-refractivity contribution in [3.05, 3.63) is 28.1 Å². The summed E-state index contributed by atoms with van der Waals surface area (Å²) in [5, 5.41) is 20.5. The smallest absolute Gasteiger partial charge is 0.391 e. The van der Waals surface area contributed by atoms with Gasteiger partial charge in [0.2, 0.25) is 0 Å². The van der Waals surface area contributed by atoms with E-state index in [-0.39, 0.29) is 12.2 Å². The molecule has 1 aromatic rings. The summed E-state index contributed by atoms with van der Waals surface area (Å²) in [6.45, 7) is 0.432. The third kappa shape index (κ3) is 2.98. The van der Waals surface area contributed by atoms with Crippen molar-refractivity contribution in [3.8, 4) is 0 Å². The SMILES string of the molecule is O=[N+]([O-])c1cnc(C(F)(F)F)cc1N1CCCC(O)C1. The maximum atomic E-state index is 12.6. The number of anilines is 1. The van der Waals surface area contributed by atoms with E-state index in [9.17, 15) is 28.4 Å². The van der Waals surface area contributed by atoms with E-state index in [1.807, 2.05) is 0 Å². The molecule has 0 bridgehead atoms. The molecule has 0 saturated carbocycles. The van der Waals surface area contributed by atoms with Gasteiger partial charge in [0.05, 0.1) is 11.0 Å². The Kier molecular flexibility index (Phi) is 3.80. The van der Waals surface area contributed by atoms with E-state index in [2.05, 4.69) is 4.98 Å². The maximum absolute atomic E-state index is 12.6. The molecule has 110 valence electrons. The van der Waals surface area contributed by atoms with E-state index in [0.717, 1.165) is 0 Å². The first kappa shape index (κ1) is 14.5. The summed E-state index contributed by atoms with van der Waals surface area (Å²) in [6.07, 6.45) is -3.67. The fraction of sp³-hybridized carbons (Fsp3) is 0.545. The number of β-amino-alcohol motifs (C(OH)–C–C–N with tert-alkyl or cyclic N) is 1. The molecule has 9 heteroatoms. The minimum Gasteiger partial charge on any atom is -0.391 e. The molecule has 1 N–H and O–H groups in total. The number of hydrogen-bond donors (Lipinski definition) is 1. The highest BCUT2D eigenvalue weighted by atomic mass is 19.4. The van der Waals surface area contributed by atoms with Crippen molar-refractivity contribution in [1.29, 1.82) is 0 Å². The van der Waals surface area contributed by atoms with E-state index >= 15 is 0 Å². The molecule has 0 aromatic carbocycles. The quantitative estimate of drug-likeness (QED) is 0.665. The zero-order chi connectivity index (χ0) is 14.9. The first-order chi connectivity index (χ1) is 9.29. The topological polar surface area (TPSA) is 79.5 Å². The van der Waals surface area contributed by atoms with Crippen molar-refractivity contribution >= 4 is 11.4 Å². The Hall–Kier alpha value is -1.90. The summed E-state index contributed by atoms with van der Waals surface area (Å²) in [7, 11) is 0. The van der Waals surface area contributed by atoms with Gasteiger partial charge in [-0.15, -0.1) is 0 Å². The monoisotopic (exact) mass is 291 g/mol. The van der Waals surface area contributed by atoms with Gasteiger partial charge in [0.25, 0.3) is 0 Å². The minimum absolute atomic E-state index is 0.0716. The van der Waals surface area contributed by atoms with Crippen LogP contribution in [0.5, 0.6) is 0 Å². The molecule has 0 aliphatic carbocycles. The van der Waals surface area contributed by atoms with Crippen LogP contribution in [-0.2, 0) is 6.18 Å². The van der Waals surface area contributed by atoms with Crippen LogP contribution in [-0.4, -0.2) is 34.2 Å². The van der Waals surface area contributed by atoms with Gasteiger partial charge in [-0.05, 0) is 18.9 Å². The standard InChI is InChI=1S/C11H12F3N3O3/c12-11(13,14)10-4-8(9(5-15-10)17(19)20)16-3-1-2-7(18)6-16/h4-5,7,18H,1-3,6H2. The Bertz CT molecular complexity index is 521. The summed E-state index contributed by atoms with van der Waals surface area (Å²) >= 11 is 0. The lowest BCUT2D eigenvalue weighted by molar-refractivity contribution is -0.384. The summed E-state index contributed by atoms with van der Waals surface area (Å²) in [4.78, 5) is 14.6. The van der Waals surface area contributed by atoms with Crippen LogP contribution < -0.4 is 4.90 Å². The van der Waals surface area contributed by atoms with Gasteiger partial charge in [0, 0.05) is 13.1 Å². The van der Waals surface area contributed by atoms with Gasteiger partial charge >= 0.3 is 11.9 Å². The van der Waals surface area contributed by atoms with Crippen LogP contribution in [0, 0.1) is 10.1 Å². The Morgan fingerprint density at radius 2 is 2.20 bits per heavy atom. The number of nitrogens with zero attached hydrogens (tertiary/aromatic N) is 3. The average Bonchev–Trinajstić information content (AvgIpc) is 2.37. The van der Waals surface area contributed by atoms with Gasteiger partial charge in [-0.1, -0.05) is 0 Å². The highest BCUT2D eigenvalue weighted by Crippen LogP contribution is 2.35. The van der Waals surface area contributed by atoms with Crippen LogP contribution in [0.15, 0.2) is 12.3 Å². The average molecular weight is 291 g/mol. The van der Waals surface area contributed by atoms with E-state index in [0.29, 0.717) is 31.6 Å². The van der Waals surface area contributed by atoms with E-state index in [1.165, 1.54) is 4.90 Å². The normalized spacial score (nSPS) is 20.0. The predicted molar refractivity (Wildman–Crippen MR) is 63.3 cm³/mol. The molecule has 1 saturated heterocycles. The van der Waals surface area contributed by atoms with Crippen molar-refractivity contribution < 1.29 is 23.2 Å². The van der Waals surface area contributed by atoms with Gasteiger partial charge in [0.1, 0.15) is 17.6 Å². The summed E-state index contributed by atoms with van der Waals surface area (Å²) < 4.78 is 37.9. The first-order valence-electron chi connectivity index (χ1n) is 5.93. The number of aliphatic hydroxyl groups is 1. The van der Waals surface area contributed by atoms with Gasteiger partial charge in [-0.3, -0.25) is 10.1 Å². The number of nitro groups is 1. The van der Waals surface area contributed by atoms with Crippen LogP contribution in [0.25, 0.3) is 0 Å². The molecule has 1 fully saturated rings. The van der Waals surface area contributed by atoms with Crippen LogP contribution in [0.3, 0.4) is 0 Å².